The van der Waals surface area contributed by atoms with Crippen molar-refractivity contribution in [1.82, 2.24) is 9.97 Å². The number of carbonyl (C=O) groups excluding carboxylic acids is 1. The predicted molar refractivity (Wildman–Crippen MR) is 61.0 cm³/mol. The second kappa shape index (κ2) is 4.34. The number of nitrogens with two attached hydrogens (primary N) is 2. The van der Waals surface area contributed by atoms with E-state index in [9.17, 15) is 4.79 Å². The molecule has 2 rings (SSSR count). The Labute approximate surface area is 93.7 Å². The molecule has 0 unspecified atom stereocenters. The second-order valence-electron chi connectivity index (χ2n) is 3.87. The fourth-order valence-electron chi connectivity index (χ4n) is 1.86. The summed E-state index contributed by atoms with van der Waals surface area (Å²) in [6.07, 6.45) is 5.11. The maximum atomic E-state index is 10.9. The lowest BCUT2D eigenvalue weighted by Crippen LogP contribution is -2.31. The van der Waals surface area contributed by atoms with Crippen LogP contribution in [-0.4, -0.2) is 29.0 Å². The van der Waals surface area contributed by atoms with Crippen molar-refractivity contribution in [2.45, 2.75) is 19.3 Å². The van der Waals surface area contributed by atoms with Gasteiger partial charge in [0.05, 0.1) is 6.20 Å². The van der Waals surface area contributed by atoms with E-state index in [4.69, 9.17) is 11.5 Å². The Kier molecular flexibility index (Phi) is 2.89. The molecule has 0 aliphatic carbocycles. The van der Waals surface area contributed by atoms with Gasteiger partial charge in [0.2, 0.25) is 0 Å². The first kappa shape index (κ1) is 10.7. The van der Waals surface area contributed by atoms with Crippen LogP contribution in [0, 0.1) is 0 Å². The maximum Gasteiger partial charge on any atom is 0.271 e. The molecule has 0 atom stereocenters. The number of amides is 1. The fourth-order valence-corrected chi connectivity index (χ4v) is 1.86. The number of nitrogen functional groups attached to an aromatic ring is 1. The smallest absolute Gasteiger partial charge is 0.271 e. The third kappa shape index (κ3) is 2.05. The minimum Gasteiger partial charge on any atom is -0.382 e. The van der Waals surface area contributed by atoms with Gasteiger partial charge < -0.3 is 16.4 Å². The molecule has 16 heavy (non-hydrogen) atoms. The van der Waals surface area contributed by atoms with E-state index in [1.807, 2.05) is 0 Å². The Bertz CT molecular complexity index is 400. The standard InChI is InChI=1S/C10H15N5O/c11-9-8(10(12)16)13-6-7(14-9)15-4-2-1-3-5-15/h6H,1-5H2,(H2,11,14)(H2,12,16). The van der Waals surface area contributed by atoms with Gasteiger partial charge in [-0.15, -0.1) is 0 Å². The van der Waals surface area contributed by atoms with Crippen LogP contribution in [-0.2, 0) is 0 Å². The molecule has 86 valence electrons. The van der Waals surface area contributed by atoms with Gasteiger partial charge in [-0.25, -0.2) is 9.97 Å². The topological polar surface area (TPSA) is 98.1 Å². The molecule has 1 aliphatic rings. The van der Waals surface area contributed by atoms with Crippen molar-refractivity contribution in [1.29, 1.82) is 0 Å². The van der Waals surface area contributed by atoms with Crippen LogP contribution in [0.1, 0.15) is 29.8 Å². The van der Waals surface area contributed by atoms with Crippen molar-refractivity contribution in [3.63, 3.8) is 0 Å². The van der Waals surface area contributed by atoms with Crippen LogP contribution in [0.15, 0.2) is 6.20 Å². The van der Waals surface area contributed by atoms with Gasteiger partial charge in [-0.05, 0) is 19.3 Å². The summed E-state index contributed by atoms with van der Waals surface area (Å²) in [6, 6.07) is 0. The van der Waals surface area contributed by atoms with Gasteiger partial charge in [0.25, 0.3) is 5.91 Å². The number of hydrogen-bond donors (Lipinski definition) is 2. The van der Waals surface area contributed by atoms with E-state index in [2.05, 4.69) is 14.9 Å². The van der Waals surface area contributed by atoms with Gasteiger partial charge in [-0.2, -0.15) is 0 Å². The van der Waals surface area contributed by atoms with Crippen molar-refractivity contribution in [2.75, 3.05) is 23.7 Å². The molecule has 1 aromatic rings. The molecule has 1 aliphatic heterocycles. The molecular weight excluding hydrogens is 206 g/mol. The van der Waals surface area contributed by atoms with Crippen LogP contribution in [0.2, 0.25) is 0 Å². The molecule has 0 aromatic carbocycles. The molecule has 1 fully saturated rings. The lowest BCUT2D eigenvalue weighted by Gasteiger charge is -2.27. The first-order valence-electron chi connectivity index (χ1n) is 5.36. The molecule has 0 saturated carbocycles. The summed E-state index contributed by atoms with van der Waals surface area (Å²) in [6.45, 7) is 1.92. The number of aromatic nitrogens is 2. The number of piperidine rings is 1. The lowest BCUT2D eigenvalue weighted by molar-refractivity contribution is 0.0996. The number of nitrogens with zero attached hydrogens (tertiary/aromatic N) is 3. The highest BCUT2D eigenvalue weighted by molar-refractivity contribution is 5.95. The van der Waals surface area contributed by atoms with Crippen LogP contribution in [0.5, 0.6) is 0 Å². The number of hydrogen-bond acceptors (Lipinski definition) is 5. The van der Waals surface area contributed by atoms with Crippen LogP contribution in [0.4, 0.5) is 11.6 Å². The van der Waals surface area contributed by atoms with E-state index in [0.29, 0.717) is 0 Å². The number of primary amides is 1. The minimum atomic E-state index is -0.643. The summed E-state index contributed by atoms with van der Waals surface area (Å²) in [4.78, 5) is 21.2. The van der Waals surface area contributed by atoms with Crippen molar-refractivity contribution < 1.29 is 4.79 Å². The van der Waals surface area contributed by atoms with Crippen LogP contribution in [0.25, 0.3) is 0 Å². The first-order valence-corrected chi connectivity index (χ1v) is 5.36. The van der Waals surface area contributed by atoms with E-state index in [0.717, 1.165) is 31.7 Å². The van der Waals surface area contributed by atoms with Gasteiger partial charge in [-0.3, -0.25) is 4.79 Å². The summed E-state index contributed by atoms with van der Waals surface area (Å²) >= 11 is 0. The fraction of sp³-hybridized carbons (Fsp3) is 0.500. The van der Waals surface area contributed by atoms with Crippen molar-refractivity contribution >= 4 is 17.5 Å². The summed E-state index contributed by atoms with van der Waals surface area (Å²) in [7, 11) is 0. The third-order valence-electron chi connectivity index (χ3n) is 2.70. The van der Waals surface area contributed by atoms with Gasteiger partial charge in [0, 0.05) is 13.1 Å². The Hall–Kier alpha value is -1.85. The van der Waals surface area contributed by atoms with Crippen molar-refractivity contribution in [3.05, 3.63) is 11.9 Å². The molecule has 1 amide bonds. The van der Waals surface area contributed by atoms with Crippen molar-refractivity contribution in [2.24, 2.45) is 5.73 Å². The van der Waals surface area contributed by atoms with Crippen molar-refractivity contribution in [3.8, 4) is 0 Å². The molecule has 2 heterocycles. The molecule has 1 saturated heterocycles. The first-order chi connectivity index (χ1) is 7.68. The third-order valence-corrected chi connectivity index (χ3v) is 2.70. The number of carbonyl (C=O) groups is 1. The SMILES string of the molecule is NC(=O)c1ncc(N2CCCCC2)nc1N. The number of rotatable bonds is 2. The second-order valence-corrected chi connectivity index (χ2v) is 3.87. The molecule has 4 N–H and O–H groups in total. The van der Waals surface area contributed by atoms with E-state index in [1.165, 1.54) is 6.42 Å². The molecular formula is C10H15N5O. The molecule has 0 bridgehead atoms. The normalized spacial score (nSPS) is 16.1. The minimum absolute atomic E-state index is 0.0424. The monoisotopic (exact) mass is 221 g/mol. The van der Waals surface area contributed by atoms with Gasteiger partial charge in [0.1, 0.15) is 5.82 Å². The quantitative estimate of drug-likeness (QED) is 0.740. The zero-order valence-corrected chi connectivity index (χ0v) is 9.02. The maximum absolute atomic E-state index is 10.9. The lowest BCUT2D eigenvalue weighted by atomic mass is 10.1. The molecule has 0 radical (unpaired) electrons. The average Bonchev–Trinajstić information content (AvgIpc) is 2.29. The van der Waals surface area contributed by atoms with Gasteiger partial charge in [-0.1, -0.05) is 0 Å². The number of anilines is 2. The van der Waals surface area contributed by atoms with Crippen LogP contribution < -0.4 is 16.4 Å². The van der Waals surface area contributed by atoms with E-state index in [1.54, 1.807) is 6.20 Å². The summed E-state index contributed by atoms with van der Waals surface area (Å²) in [5.74, 6) is 0.188. The zero-order valence-electron chi connectivity index (χ0n) is 9.02. The zero-order chi connectivity index (χ0) is 11.5. The summed E-state index contributed by atoms with van der Waals surface area (Å²) < 4.78 is 0. The highest BCUT2D eigenvalue weighted by atomic mass is 16.1. The average molecular weight is 221 g/mol. The Morgan fingerprint density at radius 1 is 1.31 bits per heavy atom. The van der Waals surface area contributed by atoms with Gasteiger partial charge in [0.15, 0.2) is 11.5 Å². The summed E-state index contributed by atoms with van der Waals surface area (Å²) in [5, 5.41) is 0. The molecule has 1 aromatic heterocycles. The van der Waals surface area contributed by atoms with E-state index >= 15 is 0 Å². The largest absolute Gasteiger partial charge is 0.382 e. The van der Waals surface area contributed by atoms with E-state index < -0.39 is 5.91 Å². The van der Waals surface area contributed by atoms with Crippen LogP contribution in [0.3, 0.4) is 0 Å². The predicted octanol–water partition coefficient (Wildman–Crippen LogP) is 0.148. The Morgan fingerprint density at radius 3 is 2.56 bits per heavy atom. The van der Waals surface area contributed by atoms with Crippen LogP contribution >= 0.6 is 0 Å². The molecule has 6 heteroatoms. The molecule has 6 nitrogen and oxygen atoms in total. The summed E-state index contributed by atoms with van der Waals surface area (Å²) in [5.41, 5.74) is 10.8. The highest BCUT2D eigenvalue weighted by Gasteiger charge is 2.15. The van der Waals surface area contributed by atoms with Gasteiger partial charge >= 0.3 is 0 Å². The van der Waals surface area contributed by atoms with E-state index in [-0.39, 0.29) is 11.5 Å². The molecule has 0 spiro atoms. The Morgan fingerprint density at radius 2 is 2.00 bits per heavy atom. The highest BCUT2D eigenvalue weighted by Crippen LogP contribution is 2.18. The Balaban J connectivity index is 2.23.